The van der Waals surface area contributed by atoms with Crippen molar-refractivity contribution in [2.45, 2.75) is 39.4 Å². The Balaban J connectivity index is 2.33. The van der Waals surface area contributed by atoms with Crippen LogP contribution in [0.2, 0.25) is 0 Å². The van der Waals surface area contributed by atoms with Gasteiger partial charge in [0, 0.05) is 12.4 Å². The van der Waals surface area contributed by atoms with Crippen molar-refractivity contribution in [2.24, 2.45) is 0 Å². The fraction of sp³-hybridized carbons (Fsp3) is 0.438. The topological polar surface area (TPSA) is 105 Å². The summed E-state index contributed by atoms with van der Waals surface area (Å²) in [7, 11) is 0. The molecule has 1 aromatic carbocycles. The third kappa shape index (κ3) is 8.45. The summed E-state index contributed by atoms with van der Waals surface area (Å²) in [6, 6.07) is 6.57. The highest BCUT2D eigenvalue weighted by molar-refractivity contribution is 5.78. The number of ether oxygens (including phenoxy) is 2. The number of benzene rings is 1. The van der Waals surface area contributed by atoms with Crippen LogP contribution < -0.4 is 10.4 Å². The summed E-state index contributed by atoms with van der Waals surface area (Å²) < 4.78 is 9.98. The predicted molar refractivity (Wildman–Crippen MR) is 79.2 cm³/mol. The largest absolute Gasteiger partial charge is 0.550 e. The zero-order chi connectivity index (χ0) is 17.5. The van der Waals surface area contributed by atoms with Gasteiger partial charge in [0.05, 0.1) is 0 Å². The molecule has 23 heavy (non-hydrogen) atoms. The third-order valence-corrected chi connectivity index (χ3v) is 2.55. The number of hydrogen-bond donors (Lipinski definition) is 1. The number of carboxylic acids is 1. The first-order chi connectivity index (χ1) is 10.7. The molecule has 0 aliphatic rings. The van der Waals surface area contributed by atoms with Gasteiger partial charge in [0.25, 0.3) is 0 Å². The lowest BCUT2D eigenvalue weighted by Crippen LogP contribution is -2.36. The van der Waals surface area contributed by atoms with Crippen molar-refractivity contribution >= 4 is 18.0 Å². The van der Waals surface area contributed by atoms with Crippen molar-refractivity contribution in [1.29, 1.82) is 0 Å². The molecule has 126 valence electrons. The molecular formula is C16H20NO6-. The molecule has 0 unspecified atom stereocenters. The van der Waals surface area contributed by atoms with Crippen LogP contribution in [0.5, 0.6) is 0 Å². The van der Waals surface area contributed by atoms with Crippen LogP contribution in [0.3, 0.4) is 0 Å². The summed E-state index contributed by atoms with van der Waals surface area (Å²) in [4.78, 5) is 33.3. The Kier molecular flexibility index (Phi) is 6.56. The Morgan fingerprint density at radius 3 is 2.17 bits per heavy atom. The minimum Gasteiger partial charge on any atom is -0.550 e. The zero-order valence-electron chi connectivity index (χ0n) is 13.4. The summed E-state index contributed by atoms with van der Waals surface area (Å²) >= 11 is 0. The maximum Gasteiger partial charge on any atom is 0.408 e. The Labute approximate surface area is 134 Å². The number of hydrogen-bond acceptors (Lipinski definition) is 6. The second-order valence-electron chi connectivity index (χ2n) is 5.88. The maximum absolute atomic E-state index is 11.5. The summed E-state index contributed by atoms with van der Waals surface area (Å²) in [5.74, 6) is -1.76. The Morgan fingerprint density at radius 2 is 1.65 bits per heavy atom. The number of rotatable bonds is 6. The van der Waals surface area contributed by atoms with Gasteiger partial charge in [0.15, 0.2) is 0 Å². The summed E-state index contributed by atoms with van der Waals surface area (Å²) in [6.45, 7) is 4.89. The van der Waals surface area contributed by atoms with Crippen molar-refractivity contribution in [2.75, 3.05) is 6.54 Å². The van der Waals surface area contributed by atoms with Gasteiger partial charge in [0.2, 0.25) is 0 Å². The Morgan fingerprint density at radius 1 is 1.09 bits per heavy atom. The van der Waals surface area contributed by atoms with Crippen LogP contribution >= 0.6 is 0 Å². The first kappa shape index (κ1) is 18.5. The molecule has 7 heteroatoms. The van der Waals surface area contributed by atoms with Crippen molar-refractivity contribution in [3.8, 4) is 0 Å². The zero-order valence-corrected chi connectivity index (χ0v) is 13.4. The van der Waals surface area contributed by atoms with Gasteiger partial charge in [0.1, 0.15) is 18.8 Å². The van der Waals surface area contributed by atoms with Gasteiger partial charge in [-0.25, -0.2) is 4.79 Å². The normalized spacial score (nSPS) is 10.7. The molecular weight excluding hydrogens is 302 g/mol. The molecule has 1 amide bonds. The lowest BCUT2D eigenvalue weighted by molar-refractivity contribution is -0.304. The first-order valence-electron chi connectivity index (χ1n) is 7.06. The quantitative estimate of drug-likeness (QED) is 0.767. The molecule has 7 nitrogen and oxygen atoms in total. The van der Waals surface area contributed by atoms with Gasteiger partial charge >= 0.3 is 12.1 Å². The van der Waals surface area contributed by atoms with Crippen LogP contribution in [0.25, 0.3) is 0 Å². The van der Waals surface area contributed by atoms with Crippen LogP contribution in [0.4, 0.5) is 4.79 Å². The minimum atomic E-state index is -1.16. The van der Waals surface area contributed by atoms with E-state index in [4.69, 9.17) is 9.47 Å². The smallest absolute Gasteiger partial charge is 0.408 e. The molecule has 0 aliphatic carbocycles. The third-order valence-electron chi connectivity index (χ3n) is 2.55. The van der Waals surface area contributed by atoms with Gasteiger partial charge in [-0.1, -0.05) is 24.3 Å². The van der Waals surface area contributed by atoms with Gasteiger partial charge < -0.3 is 24.7 Å². The van der Waals surface area contributed by atoms with Gasteiger partial charge in [-0.15, -0.1) is 0 Å². The average Bonchev–Trinajstić information content (AvgIpc) is 2.42. The van der Waals surface area contributed by atoms with E-state index < -0.39 is 23.6 Å². The van der Waals surface area contributed by atoms with E-state index in [1.165, 1.54) is 0 Å². The molecule has 1 aromatic rings. The van der Waals surface area contributed by atoms with E-state index in [0.29, 0.717) is 11.1 Å². The van der Waals surface area contributed by atoms with Crippen molar-refractivity contribution < 1.29 is 29.0 Å². The number of esters is 1. The molecule has 0 saturated heterocycles. The van der Waals surface area contributed by atoms with Crippen molar-refractivity contribution in [3.63, 3.8) is 0 Å². The van der Waals surface area contributed by atoms with Crippen LogP contribution in [0.1, 0.15) is 31.9 Å². The molecule has 0 bridgehead atoms. The second-order valence-corrected chi connectivity index (χ2v) is 5.88. The fourth-order valence-electron chi connectivity index (χ4n) is 1.59. The number of carbonyl (C=O) groups is 3. The molecule has 0 spiro atoms. The lowest BCUT2D eigenvalue weighted by Gasteiger charge is -2.19. The van der Waals surface area contributed by atoms with Gasteiger partial charge in [-0.3, -0.25) is 4.79 Å². The monoisotopic (exact) mass is 322 g/mol. The number of amides is 1. The van der Waals surface area contributed by atoms with E-state index in [2.05, 4.69) is 5.32 Å². The highest BCUT2D eigenvalue weighted by Gasteiger charge is 2.16. The summed E-state index contributed by atoms with van der Waals surface area (Å²) in [6.07, 6.45) is -0.860. The summed E-state index contributed by atoms with van der Waals surface area (Å²) in [5, 5.41) is 12.8. The number of aliphatic carboxylic acids is 1. The minimum absolute atomic E-state index is 0.0282. The highest BCUT2D eigenvalue weighted by atomic mass is 16.6. The molecule has 1 rings (SSSR count). The van der Waals surface area contributed by atoms with E-state index in [1.807, 2.05) is 0 Å². The lowest BCUT2D eigenvalue weighted by atomic mass is 10.1. The van der Waals surface area contributed by atoms with E-state index >= 15 is 0 Å². The average molecular weight is 322 g/mol. The maximum atomic E-state index is 11.5. The van der Waals surface area contributed by atoms with Crippen LogP contribution in [0, 0.1) is 0 Å². The van der Waals surface area contributed by atoms with Gasteiger partial charge in [-0.2, -0.15) is 0 Å². The summed E-state index contributed by atoms with van der Waals surface area (Å²) in [5.41, 5.74) is 0.672. The van der Waals surface area contributed by atoms with Gasteiger partial charge in [-0.05, 0) is 31.9 Å². The van der Waals surface area contributed by atoms with E-state index in [-0.39, 0.29) is 19.6 Å². The second kappa shape index (κ2) is 8.17. The SMILES string of the molecule is CC(C)(C)OC(=O)NCC(=O)OCc1ccc(CC(=O)[O-])cc1. The van der Waals surface area contributed by atoms with Crippen molar-refractivity contribution in [3.05, 3.63) is 35.4 Å². The molecule has 0 radical (unpaired) electrons. The fourth-order valence-corrected chi connectivity index (χ4v) is 1.59. The molecule has 0 atom stereocenters. The number of carboxylic acid groups (broad SMARTS) is 1. The molecule has 0 aliphatic heterocycles. The van der Waals surface area contributed by atoms with Crippen LogP contribution in [0.15, 0.2) is 24.3 Å². The number of nitrogens with one attached hydrogen (secondary N) is 1. The van der Waals surface area contributed by atoms with E-state index in [9.17, 15) is 19.5 Å². The van der Waals surface area contributed by atoms with Crippen molar-refractivity contribution in [1.82, 2.24) is 5.32 Å². The standard InChI is InChI=1S/C16H21NO6/c1-16(2,3)23-15(21)17-9-14(20)22-10-12-6-4-11(5-7-12)8-13(18)19/h4-7H,8-10H2,1-3H3,(H,17,21)(H,18,19)/p-1. The molecule has 0 heterocycles. The van der Waals surface area contributed by atoms with Crippen LogP contribution in [-0.2, 0) is 32.1 Å². The number of carbonyl (C=O) groups excluding carboxylic acids is 3. The molecule has 0 saturated carbocycles. The molecule has 0 aromatic heterocycles. The van der Waals surface area contributed by atoms with E-state index in [1.54, 1.807) is 45.0 Å². The predicted octanol–water partition coefficient (Wildman–Crippen LogP) is 0.547. The number of alkyl carbamates (subject to hydrolysis) is 1. The Hall–Kier alpha value is -2.57. The molecule has 1 N–H and O–H groups in total. The highest BCUT2D eigenvalue weighted by Crippen LogP contribution is 2.07. The van der Waals surface area contributed by atoms with Crippen LogP contribution in [-0.4, -0.2) is 30.2 Å². The first-order valence-corrected chi connectivity index (χ1v) is 7.06. The van der Waals surface area contributed by atoms with E-state index in [0.717, 1.165) is 0 Å². The Bertz CT molecular complexity index is 559. The molecule has 0 fully saturated rings.